The second-order valence-electron chi connectivity index (χ2n) is 3.99. The number of halogens is 1. The summed E-state index contributed by atoms with van der Waals surface area (Å²) in [7, 11) is -3.77. The van der Waals surface area contributed by atoms with Crippen molar-refractivity contribution in [2.45, 2.75) is 30.0 Å². The first-order chi connectivity index (χ1) is 8.01. The molecule has 0 fully saturated rings. The Kier molecular flexibility index (Phi) is 3.31. The van der Waals surface area contributed by atoms with Crippen LogP contribution in [0.4, 0.5) is 4.39 Å². The van der Waals surface area contributed by atoms with Crippen LogP contribution >= 0.6 is 0 Å². The van der Waals surface area contributed by atoms with E-state index in [9.17, 15) is 17.9 Å². The van der Waals surface area contributed by atoms with Gasteiger partial charge in [0, 0.05) is 0 Å². The van der Waals surface area contributed by atoms with Gasteiger partial charge in [-0.3, -0.25) is 0 Å². The van der Waals surface area contributed by atoms with E-state index in [2.05, 4.69) is 0 Å². The van der Waals surface area contributed by atoms with Crippen molar-refractivity contribution in [3.8, 4) is 0 Å². The fraction of sp³-hybridized carbons (Fsp3) is 0.333. The van der Waals surface area contributed by atoms with E-state index in [0.717, 1.165) is 6.08 Å². The van der Waals surface area contributed by atoms with Gasteiger partial charge in [-0.25, -0.2) is 12.8 Å². The number of aliphatic hydroxyl groups excluding tert-OH is 1. The van der Waals surface area contributed by atoms with Crippen LogP contribution in [0.5, 0.6) is 0 Å². The number of hydrogen-bond acceptors (Lipinski definition) is 3. The first-order valence-electron chi connectivity index (χ1n) is 5.36. The van der Waals surface area contributed by atoms with Crippen LogP contribution in [0.1, 0.15) is 12.8 Å². The molecule has 0 saturated heterocycles. The van der Waals surface area contributed by atoms with Gasteiger partial charge >= 0.3 is 0 Å². The van der Waals surface area contributed by atoms with Crippen molar-refractivity contribution in [2.24, 2.45) is 0 Å². The van der Waals surface area contributed by atoms with Crippen LogP contribution < -0.4 is 0 Å². The third-order valence-electron chi connectivity index (χ3n) is 2.75. The maximum Gasteiger partial charge on any atom is 0.205 e. The largest absolute Gasteiger partial charge is 0.388 e. The van der Waals surface area contributed by atoms with Gasteiger partial charge in [-0.2, -0.15) is 0 Å². The van der Waals surface area contributed by atoms with Crippen LogP contribution in [0.2, 0.25) is 0 Å². The fourth-order valence-corrected chi connectivity index (χ4v) is 3.43. The minimum Gasteiger partial charge on any atom is -0.388 e. The molecular formula is C12H13FO3S. The number of sulfone groups is 1. The quantitative estimate of drug-likeness (QED) is 0.878. The lowest BCUT2D eigenvalue weighted by Gasteiger charge is -2.21. The highest BCUT2D eigenvalue weighted by Crippen LogP contribution is 2.29. The molecule has 0 aliphatic heterocycles. The van der Waals surface area contributed by atoms with Gasteiger partial charge in [-0.15, -0.1) is 0 Å². The molecule has 0 saturated carbocycles. The number of hydrogen-bond donors (Lipinski definition) is 1. The van der Waals surface area contributed by atoms with Gasteiger partial charge in [0.2, 0.25) is 9.84 Å². The Balaban J connectivity index is 2.46. The summed E-state index contributed by atoms with van der Waals surface area (Å²) in [6.45, 7) is 0. The van der Waals surface area contributed by atoms with Crippen LogP contribution in [-0.4, -0.2) is 25.8 Å². The molecule has 1 aromatic rings. The van der Waals surface area contributed by atoms with E-state index < -0.39 is 22.1 Å². The molecule has 1 aromatic carbocycles. The summed E-state index contributed by atoms with van der Waals surface area (Å²) in [5, 5.41) is 9.67. The zero-order valence-corrected chi connectivity index (χ0v) is 9.90. The van der Waals surface area contributed by atoms with E-state index in [0.29, 0.717) is 0 Å². The first kappa shape index (κ1) is 12.3. The minimum atomic E-state index is -3.77. The summed E-state index contributed by atoms with van der Waals surface area (Å²) in [5.41, 5.74) is 0. The van der Waals surface area contributed by atoms with Gasteiger partial charge in [0.1, 0.15) is 6.17 Å². The van der Waals surface area contributed by atoms with Gasteiger partial charge < -0.3 is 5.11 Å². The van der Waals surface area contributed by atoms with Gasteiger partial charge in [-0.05, 0) is 31.1 Å². The maximum absolute atomic E-state index is 13.2. The smallest absolute Gasteiger partial charge is 0.205 e. The summed E-state index contributed by atoms with van der Waals surface area (Å²) in [5.74, 6) is 0. The van der Waals surface area contributed by atoms with E-state index >= 15 is 0 Å². The highest BCUT2D eigenvalue weighted by molar-refractivity contribution is 7.95. The number of rotatable bonds is 2. The first-order valence-corrected chi connectivity index (χ1v) is 6.84. The summed E-state index contributed by atoms with van der Waals surface area (Å²) >= 11 is 0. The Morgan fingerprint density at radius 1 is 1.18 bits per heavy atom. The number of benzene rings is 1. The van der Waals surface area contributed by atoms with E-state index in [-0.39, 0.29) is 22.6 Å². The lowest BCUT2D eigenvalue weighted by atomic mass is 10.0. The number of aliphatic hydroxyl groups is 1. The molecule has 0 spiro atoms. The summed E-state index contributed by atoms with van der Waals surface area (Å²) in [6.07, 6.45) is -1.09. The van der Waals surface area contributed by atoms with Crippen molar-refractivity contribution in [1.82, 2.24) is 0 Å². The Morgan fingerprint density at radius 2 is 1.82 bits per heavy atom. The van der Waals surface area contributed by atoms with Gasteiger partial charge in [-0.1, -0.05) is 18.2 Å². The molecule has 1 N–H and O–H groups in total. The van der Waals surface area contributed by atoms with Crippen molar-refractivity contribution in [2.75, 3.05) is 0 Å². The average Bonchev–Trinajstić information content (AvgIpc) is 2.33. The van der Waals surface area contributed by atoms with Crippen LogP contribution in [-0.2, 0) is 9.84 Å². The van der Waals surface area contributed by atoms with Crippen LogP contribution in [0, 0.1) is 0 Å². The molecule has 5 heteroatoms. The molecule has 0 amide bonds. The average molecular weight is 256 g/mol. The second kappa shape index (κ2) is 4.58. The highest BCUT2D eigenvalue weighted by Gasteiger charge is 2.31. The molecule has 0 bridgehead atoms. The Bertz CT molecular complexity index is 522. The molecule has 2 rings (SSSR count). The molecule has 0 radical (unpaired) electrons. The summed E-state index contributed by atoms with van der Waals surface area (Å²) in [4.78, 5) is -0.137. The third kappa shape index (κ3) is 2.40. The lowest BCUT2D eigenvalue weighted by Crippen LogP contribution is -2.25. The normalized spacial score (nSPS) is 25.4. The predicted octanol–water partition coefficient (Wildman–Crippen LogP) is 1.84. The lowest BCUT2D eigenvalue weighted by molar-refractivity contribution is 0.179. The number of alkyl halides is 1. The molecule has 0 aromatic heterocycles. The van der Waals surface area contributed by atoms with Gasteiger partial charge in [0.25, 0.3) is 0 Å². The summed E-state index contributed by atoms with van der Waals surface area (Å²) < 4.78 is 37.5. The van der Waals surface area contributed by atoms with E-state index in [1.165, 1.54) is 12.1 Å². The fourth-order valence-electron chi connectivity index (χ4n) is 1.84. The molecule has 0 heterocycles. The SMILES string of the molecule is O=S(=O)(C1=C[C@@H](F)CC[C@H]1O)c1ccccc1. The van der Waals surface area contributed by atoms with Gasteiger partial charge in [0.05, 0.1) is 15.9 Å². The van der Waals surface area contributed by atoms with E-state index in [1.807, 2.05) is 0 Å². The predicted molar refractivity (Wildman–Crippen MR) is 61.8 cm³/mol. The molecule has 17 heavy (non-hydrogen) atoms. The summed E-state index contributed by atoms with van der Waals surface area (Å²) in [6, 6.07) is 7.75. The standard InChI is InChI=1S/C12H13FO3S/c13-9-6-7-11(14)12(8-9)17(15,16)10-4-2-1-3-5-10/h1-5,8-9,11,14H,6-7H2/t9-,11+/m0/s1. The monoisotopic (exact) mass is 256 g/mol. The van der Waals surface area contributed by atoms with E-state index in [1.54, 1.807) is 18.2 Å². The Hall–Kier alpha value is -1.20. The molecule has 1 aliphatic rings. The van der Waals surface area contributed by atoms with Crippen molar-refractivity contribution < 1.29 is 17.9 Å². The van der Waals surface area contributed by atoms with Crippen LogP contribution in [0.15, 0.2) is 46.2 Å². The van der Waals surface area contributed by atoms with Crippen molar-refractivity contribution in [1.29, 1.82) is 0 Å². The zero-order chi connectivity index (χ0) is 12.5. The Labute approximate surface area is 99.5 Å². The molecule has 0 unspecified atom stereocenters. The van der Waals surface area contributed by atoms with Crippen molar-refractivity contribution >= 4 is 9.84 Å². The molecular weight excluding hydrogens is 243 g/mol. The van der Waals surface area contributed by atoms with Crippen molar-refractivity contribution in [3.05, 3.63) is 41.3 Å². The van der Waals surface area contributed by atoms with Crippen LogP contribution in [0.3, 0.4) is 0 Å². The Morgan fingerprint density at radius 3 is 2.47 bits per heavy atom. The van der Waals surface area contributed by atoms with Gasteiger partial charge in [0.15, 0.2) is 0 Å². The van der Waals surface area contributed by atoms with Crippen LogP contribution in [0.25, 0.3) is 0 Å². The zero-order valence-electron chi connectivity index (χ0n) is 9.08. The highest BCUT2D eigenvalue weighted by atomic mass is 32.2. The molecule has 2 atom stereocenters. The minimum absolute atomic E-state index is 0.0828. The van der Waals surface area contributed by atoms with Crippen molar-refractivity contribution in [3.63, 3.8) is 0 Å². The van der Waals surface area contributed by atoms with E-state index in [4.69, 9.17) is 0 Å². The number of allylic oxidation sites excluding steroid dienone is 1. The molecule has 1 aliphatic carbocycles. The topological polar surface area (TPSA) is 54.4 Å². The maximum atomic E-state index is 13.2. The second-order valence-corrected chi connectivity index (χ2v) is 5.94. The third-order valence-corrected chi connectivity index (χ3v) is 4.67. The molecule has 92 valence electrons. The molecule has 3 nitrogen and oxygen atoms in total.